The molecule has 0 bridgehead atoms. The number of hydrogen-bond donors (Lipinski definition) is 0. The van der Waals surface area contributed by atoms with E-state index in [9.17, 15) is 14.9 Å². The van der Waals surface area contributed by atoms with Crippen LogP contribution in [-0.2, 0) is 4.74 Å². The van der Waals surface area contributed by atoms with Crippen LogP contribution in [0.15, 0.2) is 12.1 Å². The molecule has 16 heavy (non-hydrogen) atoms. The highest BCUT2D eigenvalue weighted by Gasteiger charge is 2.24. The molecule has 0 fully saturated rings. The standard InChI is InChI=1S/C10H11NO5/c1-6-4-7(10(12)16-3)9(15-2)8(5-6)11(13)14/h4-5H,1-3H3. The van der Waals surface area contributed by atoms with Crippen molar-refractivity contribution in [2.45, 2.75) is 6.92 Å². The summed E-state index contributed by atoms with van der Waals surface area (Å²) in [4.78, 5) is 21.6. The first kappa shape index (κ1) is 12.0. The second-order valence-corrected chi connectivity index (χ2v) is 3.11. The van der Waals surface area contributed by atoms with Gasteiger partial charge in [-0.1, -0.05) is 0 Å². The van der Waals surface area contributed by atoms with E-state index in [4.69, 9.17) is 4.74 Å². The van der Waals surface area contributed by atoms with Crippen molar-refractivity contribution in [1.29, 1.82) is 0 Å². The van der Waals surface area contributed by atoms with Gasteiger partial charge in [0, 0.05) is 6.07 Å². The average Bonchev–Trinajstić information content (AvgIpc) is 2.26. The summed E-state index contributed by atoms with van der Waals surface area (Å²) >= 11 is 0. The lowest BCUT2D eigenvalue weighted by atomic mass is 10.1. The number of ether oxygens (including phenoxy) is 2. The van der Waals surface area contributed by atoms with Gasteiger partial charge in [0.2, 0.25) is 5.75 Å². The molecule has 0 aliphatic rings. The number of carbonyl (C=O) groups excluding carboxylic acids is 1. The summed E-state index contributed by atoms with van der Waals surface area (Å²) in [5.74, 6) is -0.744. The van der Waals surface area contributed by atoms with Crippen LogP contribution in [-0.4, -0.2) is 25.1 Å². The molecule has 1 aromatic carbocycles. The van der Waals surface area contributed by atoms with Gasteiger partial charge >= 0.3 is 11.7 Å². The Hall–Kier alpha value is -2.11. The molecule has 0 atom stereocenters. The van der Waals surface area contributed by atoms with Gasteiger partial charge in [0.1, 0.15) is 5.56 Å². The fraction of sp³-hybridized carbons (Fsp3) is 0.300. The van der Waals surface area contributed by atoms with Gasteiger partial charge in [0.05, 0.1) is 19.1 Å². The number of nitrogens with zero attached hydrogens (tertiary/aromatic N) is 1. The highest BCUT2D eigenvalue weighted by Crippen LogP contribution is 2.32. The third-order valence-electron chi connectivity index (χ3n) is 2.02. The Labute approximate surface area is 91.9 Å². The number of carbonyl (C=O) groups is 1. The maximum absolute atomic E-state index is 11.4. The summed E-state index contributed by atoms with van der Waals surface area (Å²) in [6.45, 7) is 1.65. The Balaban J connectivity index is 3.48. The molecule has 1 rings (SSSR count). The van der Waals surface area contributed by atoms with Gasteiger partial charge < -0.3 is 9.47 Å². The summed E-state index contributed by atoms with van der Waals surface area (Å²) < 4.78 is 9.40. The van der Waals surface area contributed by atoms with Crippen molar-refractivity contribution >= 4 is 11.7 Å². The van der Waals surface area contributed by atoms with E-state index >= 15 is 0 Å². The number of aryl methyl sites for hydroxylation is 1. The lowest BCUT2D eigenvalue weighted by Gasteiger charge is -2.08. The zero-order valence-corrected chi connectivity index (χ0v) is 9.14. The molecule has 0 heterocycles. The smallest absolute Gasteiger partial charge is 0.341 e. The lowest BCUT2D eigenvalue weighted by Crippen LogP contribution is -2.06. The second-order valence-electron chi connectivity index (χ2n) is 3.11. The van der Waals surface area contributed by atoms with E-state index in [-0.39, 0.29) is 17.0 Å². The fourth-order valence-corrected chi connectivity index (χ4v) is 1.37. The minimum absolute atomic E-state index is 0.0525. The SMILES string of the molecule is COC(=O)c1cc(C)cc([N+](=O)[O-])c1OC. The minimum atomic E-state index is -0.663. The zero-order chi connectivity index (χ0) is 12.3. The number of benzene rings is 1. The van der Waals surface area contributed by atoms with Crippen LogP contribution in [0.4, 0.5) is 5.69 Å². The van der Waals surface area contributed by atoms with Gasteiger partial charge in [-0.3, -0.25) is 10.1 Å². The van der Waals surface area contributed by atoms with Crippen molar-refractivity contribution < 1.29 is 19.2 Å². The van der Waals surface area contributed by atoms with Crippen molar-refractivity contribution in [2.75, 3.05) is 14.2 Å². The van der Waals surface area contributed by atoms with Crippen LogP contribution < -0.4 is 4.74 Å². The molecule has 86 valence electrons. The monoisotopic (exact) mass is 225 g/mol. The maximum Gasteiger partial charge on any atom is 0.341 e. The number of nitro benzene ring substituents is 1. The van der Waals surface area contributed by atoms with Gasteiger partial charge in [-0.25, -0.2) is 4.79 Å². The molecule has 0 saturated carbocycles. The molecule has 0 aromatic heterocycles. The second kappa shape index (κ2) is 4.61. The topological polar surface area (TPSA) is 78.7 Å². The van der Waals surface area contributed by atoms with E-state index in [0.29, 0.717) is 5.56 Å². The molecule has 0 N–H and O–H groups in total. The molecule has 0 radical (unpaired) electrons. The van der Waals surface area contributed by atoms with Gasteiger partial charge in [-0.2, -0.15) is 0 Å². The van der Waals surface area contributed by atoms with Crippen LogP contribution in [0.1, 0.15) is 15.9 Å². The highest BCUT2D eigenvalue weighted by atomic mass is 16.6. The first-order valence-corrected chi connectivity index (χ1v) is 4.42. The van der Waals surface area contributed by atoms with Crippen LogP contribution in [0.2, 0.25) is 0 Å². The van der Waals surface area contributed by atoms with Crippen molar-refractivity contribution in [3.05, 3.63) is 33.4 Å². The summed E-state index contributed by atoms with van der Waals surface area (Å²) in [7, 11) is 2.47. The van der Waals surface area contributed by atoms with E-state index in [2.05, 4.69) is 4.74 Å². The first-order chi connectivity index (χ1) is 7.51. The lowest BCUT2D eigenvalue weighted by molar-refractivity contribution is -0.385. The van der Waals surface area contributed by atoms with Crippen LogP contribution in [0, 0.1) is 17.0 Å². The van der Waals surface area contributed by atoms with Crippen molar-refractivity contribution in [3.63, 3.8) is 0 Å². The maximum atomic E-state index is 11.4. The van der Waals surface area contributed by atoms with E-state index in [1.807, 2.05) is 0 Å². The Bertz CT molecular complexity index is 441. The summed E-state index contributed by atoms with van der Waals surface area (Å²) in [5, 5.41) is 10.8. The fourth-order valence-electron chi connectivity index (χ4n) is 1.37. The predicted octanol–water partition coefficient (Wildman–Crippen LogP) is 1.70. The summed E-state index contributed by atoms with van der Waals surface area (Å²) in [6.07, 6.45) is 0. The van der Waals surface area contributed by atoms with Crippen LogP contribution in [0.3, 0.4) is 0 Å². The highest BCUT2D eigenvalue weighted by molar-refractivity contribution is 5.94. The number of methoxy groups -OCH3 is 2. The largest absolute Gasteiger partial charge is 0.490 e. The Kier molecular flexibility index (Phi) is 3.44. The molecule has 1 aromatic rings. The van der Waals surface area contributed by atoms with E-state index < -0.39 is 10.9 Å². The quantitative estimate of drug-likeness (QED) is 0.444. The van der Waals surface area contributed by atoms with Gasteiger partial charge in [0.15, 0.2) is 0 Å². The molecular weight excluding hydrogens is 214 g/mol. The molecule has 0 saturated heterocycles. The van der Waals surface area contributed by atoms with Crippen molar-refractivity contribution in [2.24, 2.45) is 0 Å². The molecular formula is C10H11NO5. The molecule has 0 amide bonds. The molecule has 6 heteroatoms. The van der Waals surface area contributed by atoms with E-state index in [1.165, 1.54) is 26.4 Å². The average molecular weight is 225 g/mol. The number of hydrogen-bond acceptors (Lipinski definition) is 5. The molecule has 0 spiro atoms. The predicted molar refractivity (Wildman–Crippen MR) is 55.7 cm³/mol. The van der Waals surface area contributed by atoms with Crippen molar-refractivity contribution in [3.8, 4) is 5.75 Å². The summed E-state index contributed by atoms with van der Waals surface area (Å²) in [6, 6.07) is 2.82. The third kappa shape index (κ3) is 2.10. The molecule has 0 aliphatic heterocycles. The summed E-state index contributed by atoms with van der Waals surface area (Å²) in [5.41, 5.74) is 0.396. The van der Waals surface area contributed by atoms with Crippen LogP contribution in [0.25, 0.3) is 0 Å². The minimum Gasteiger partial charge on any atom is -0.490 e. The Morgan fingerprint density at radius 3 is 2.44 bits per heavy atom. The number of esters is 1. The Morgan fingerprint density at radius 2 is 2.00 bits per heavy atom. The van der Waals surface area contributed by atoms with Crippen molar-refractivity contribution in [1.82, 2.24) is 0 Å². The van der Waals surface area contributed by atoms with E-state index in [0.717, 1.165) is 0 Å². The van der Waals surface area contributed by atoms with Gasteiger partial charge in [-0.15, -0.1) is 0 Å². The normalized spacial score (nSPS) is 9.69. The van der Waals surface area contributed by atoms with Crippen LogP contribution in [0.5, 0.6) is 5.75 Å². The number of nitro groups is 1. The first-order valence-electron chi connectivity index (χ1n) is 4.42. The Morgan fingerprint density at radius 1 is 1.38 bits per heavy atom. The molecule has 0 aliphatic carbocycles. The van der Waals surface area contributed by atoms with Gasteiger partial charge in [0.25, 0.3) is 0 Å². The van der Waals surface area contributed by atoms with E-state index in [1.54, 1.807) is 6.92 Å². The number of rotatable bonds is 3. The zero-order valence-electron chi connectivity index (χ0n) is 9.14. The third-order valence-corrected chi connectivity index (χ3v) is 2.02. The molecule has 0 unspecified atom stereocenters. The van der Waals surface area contributed by atoms with Crippen LogP contribution >= 0.6 is 0 Å². The van der Waals surface area contributed by atoms with Gasteiger partial charge in [-0.05, 0) is 18.6 Å². The molecule has 6 nitrogen and oxygen atoms in total.